The van der Waals surface area contributed by atoms with Crippen molar-refractivity contribution in [1.29, 1.82) is 0 Å². The van der Waals surface area contributed by atoms with Gasteiger partial charge in [-0.1, -0.05) is 35.9 Å². The molecule has 2 heteroatoms. The Hall–Kier alpha value is -1.47. The summed E-state index contributed by atoms with van der Waals surface area (Å²) in [5.74, 6) is 0. The Balaban J connectivity index is 2.18. The van der Waals surface area contributed by atoms with Crippen LogP contribution in [0.25, 0.3) is 0 Å². The molecule has 0 aliphatic rings. The zero-order valence-corrected chi connectivity index (χ0v) is 11.8. The summed E-state index contributed by atoms with van der Waals surface area (Å²) in [4.78, 5) is 0. The minimum atomic E-state index is 0.266. The molecular weight excluding hydrogens is 242 g/mol. The zero-order valence-electron chi connectivity index (χ0n) is 11.0. The SMILES string of the molecule is Cc1cccc(NC(C)c2ccc(Cl)cc2)c1C. The van der Waals surface area contributed by atoms with Gasteiger partial charge in [0.25, 0.3) is 0 Å². The third-order valence-electron chi connectivity index (χ3n) is 3.35. The molecule has 94 valence electrons. The van der Waals surface area contributed by atoms with Crippen molar-refractivity contribution < 1.29 is 0 Å². The molecule has 2 aromatic rings. The van der Waals surface area contributed by atoms with Gasteiger partial charge in [0.2, 0.25) is 0 Å². The molecule has 1 nitrogen and oxygen atoms in total. The summed E-state index contributed by atoms with van der Waals surface area (Å²) in [5, 5.41) is 4.32. The lowest BCUT2D eigenvalue weighted by Gasteiger charge is -2.18. The fourth-order valence-electron chi connectivity index (χ4n) is 1.98. The van der Waals surface area contributed by atoms with Crippen LogP contribution in [0.5, 0.6) is 0 Å². The number of halogens is 1. The minimum absolute atomic E-state index is 0.266. The number of benzene rings is 2. The van der Waals surface area contributed by atoms with E-state index in [1.165, 1.54) is 22.4 Å². The first-order valence-electron chi connectivity index (χ1n) is 6.16. The van der Waals surface area contributed by atoms with Gasteiger partial charge in [0.1, 0.15) is 0 Å². The highest BCUT2D eigenvalue weighted by Crippen LogP contribution is 2.24. The maximum Gasteiger partial charge on any atom is 0.0485 e. The van der Waals surface area contributed by atoms with Gasteiger partial charge in [-0.25, -0.2) is 0 Å². The molecule has 0 spiro atoms. The second-order valence-corrected chi connectivity index (χ2v) is 5.10. The molecule has 1 unspecified atom stereocenters. The lowest BCUT2D eigenvalue weighted by molar-refractivity contribution is 0.882. The van der Waals surface area contributed by atoms with Crippen molar-refractivity contribution in [2.45, 2.75) is 26.8 Å². The van der Waals surface area contributed by atoms with Gasteiger partial charge < -0.3 is 5.32 Å². The van der Waals surface area contributed by atoms with Crippen LogP contribution in [-0.2, 0) is 0 Å². The molecule has 0 aliphatic carbocycles. The van der Waals surface area contributed by atoms with Crippen molar-refractivity contribution in [2.24, 2.45) is 0 Å². The van der Waals surface area contributed by atoms with Gasteiger partial charge in [0.15, 0.2) is 0 Å². The van der Waals surface area contributed by atoms with Gasteiger partial charge >= 0.3 is 0 Å². The standard InChI is InChI=1S/C16H18ClN/c1-11-5-4-6-16(12(11)2)18-13(3)14-7-9-15(17)10-8-14/h4-10,13,18H,1-3H3. The maximum absolute atomic E-state index is 5.90. The van der Waals surface area contributed by atoms with Crippen molar-refractivity contribution >= 4 is 17.3 Å². The Morgan fingerprint density at radius 2 is 1.67 bits per heavy atom. The van der Waals surface area contributed by atoms with Crippen LogP contribution in [0.4, 0.5) is 5.69 Å². The molecule has 0 aliphatic heterocycles. The van der Waals surface area contributed by atoms with E-state index in [0.29, 0.717) is 0 Å². The number of rotatable bonds is 3. The summed E-state index contributed by atoms with van der Waals surface area (Å²) in [6.07, 6.45) is 0. The topological polar surface area (TPSA) is 12.0 Å². The monoisotopic (exact) mass is 259 g/mol. The summed E-state index contributed by atoms with van der Waals surface area (Å²) in [6.45, 7) is 6.44. The molecule has 2 rings (SSSR count). The predicted molar refractivity (Wildman–Crippen MR) is 79.4 cm³/mol. The van der Waals surface area contributed by atoms with Crippen molar-refractivity contribution in [1.82, 2.24) is 0 Å². The number of nitrogens with one attached hydrogen (secondary N) is 1. The van der Waals surface area contributed by atoms with Crippen LogP contribution in [0.3, 0.4) is 0 Å². The average molecular weight is 260 g/mol. The van der Waals surface area contributed by atoms with E-state index < -0.39 is 0 Å². The number of anilines is 1. The van der Waals surface area contributed by atoms with Crippen LogP contribution >= 0.6 is 11.6 Å². The number of aryl methyl sites for hydroxylation is 1. The molecule has 0 fully saturated rings. The van der Waals surface area contributed by atoms with Crippen LogP contribution in [0.2, 0.25) is 5.02 Å². The first-order chi connectivity index (χ1) is 8.58. The summed E-state index contributed by atoms with van der Waals surface area (Å²) in [7, 11) is 0. The van der Waals surface area contributed by atoms with E-state index in [2.05, 4.69) is 56.4 Å². The largest absolute Gasteiger partial charge is 0.378 e. The average Bonchev–Trinajstić information content (AvgIpc) is 2.36. The quantitative estimate of drug-likeness (QED) is 0.806. The van der Waals surface area contributed by atoms with Crippen LogP contribution in [-0.4, -0.2) is 0 Å². The minimum Gasteiger partial charge on any atom is -0.378 e. The Morgan fingerprint density at radius 3 is 2.33 bits per heavy atom. The van der Waals surface area contributed by atoms with Gasteiger partial charge in [-0.05, 0) is 55.7 Å². The first kappa shape index (κ1) is 13.0. The third-order valence-corrected chi connectivity index (χ3v) is 3.60. The maximum atomic E-state index is 5.90. The van der Waals surface area contributed by atoms with Gasteiger partial charge in [-0.15, -0.1) is 0 Å². The highest BCUT2D eigenvalue weighted by molar-refractivity contribution is 6.30. The molecule has 0 heterocycles. The van der Waals surface area contributed by atoms with Crippen LogP contribution in [0.1, 0.15) is 29.7 Å². The van der Waals surface area contributed by atoms with Gasteiger partial charge in [0.05, 0.1) is 0 Å². The van der Waals surface area contributed by atoms with Crippen molar-refractivity contribution in [2.75, 3.05) is 5.32 Å². The highest BCUT2D eigenvalue weighted by atomic mass is 35.5. The fourth-order valence-corrected chi connectivity index (χ4v) is 2.10. The third kappa shape index (κ3) is 2.85. The van der Waals surface area contributed by atoms with E-state index >= 15 is 0 Å². The zero-order chi connectivity index (χ0) is 13.1. The molecule has 0 amide bonds. The summed E-state index contributed by atoms with van der Waals surface area (Å²) in [6, 6.07) is 14.6. The van der Waals surface area contributed by atoms with Crippen molar-refractivity contribution in [3.63, 3.8) is 0 Å². The van der Waals surface area contributed by atoms with Gasteiger partial charge in [-0.3, -0.25) is 0 Å². The van der Waals surface area contributed by atoms with E-state index in [0.717, 1.165) is 5.02 Å². The first-order valence-corrected chi connectivity index (χ1v) is 6.54. The van der Waals surface area contributed by atoms with E-state index in [1.807, 2.05) is 12.1 Å². The molecule has 0 saturated heterocycles. The molecular formula is C16H18ClN. The van der Waals surface area contributed by atoms with E-state index in [1.54, 1.807) is 0 Å². The van der Waals surface area contributed by atoms with Crippen molar-refractivity contribution in [3.8, 4) is 0 Å². The number of hydrogen-bond acceptors (Lipinski definition) is 1. The smallest absolute Gasteiger partial charge is 0.0485 e. The molecule has 18 heavy (non-hydrogen) atoms. The van der Waals surface area contributed by atoms with E-state index in [9.17, 15) is 0 Å². The summed E-state index contributed by atoms with van der Waals surface area (Å²) >= 11 is 5.90. The molecule has 2 aromatic carbocycles. The van der Waals surface area contributed by atoms with Crippen LogP contribution in [0, 0.1) is 13.8 Å². The lowest BCUT2D eigenvalue weighted by atomic mass is 10.1. The Labute approximate surface area is 114 Å². The second-order valence-electron chi connectivity index (χ2n) is 4.67. The molecule has 0 radical (unpaired) electrons. The van der Waals surface area contributed by atoms with Crippen LogP contribution < -0.4 is 5.32 Å². The molecule has 0 aromatic heterocycles. The molecule has 1 N–H and O–H groups in total. The molecule has 0 bridgehead atoms. The van der Waals surface area contributed by atoms with E-state index in [-0.39, 0.29) is 6.04 Å². The van der Waals surface area contributed by atoms with Gasteiger partial charge in [-0.2, -0.15) is 0 Å². The predicted octanol–water partition coefficient (Wildman–Crippen LogP) is 5.13. The Kier molecular flexibility index (Phi) is 3.93. The number of hydrogen-bond donors (Lipinski definition) is 1. The second kappa shape index (κ2) is 5.45. The van der Waals surface area contributed by atoms with Crippen LogP contribution in [0.15, 0.2) is 42.5 Å². The fraction of sp³-hybridized carbons (Fsp3) is 0.250. The molecule has 0 saturated carbocycles. The van der Waals surface area contributed by atoms with Crippen molar-refractivity contribution in [3.05, 3.63) is 64.2 Å². The normalized spacial score (nSPS) is 12.2. The highest BCUT2D eigenvalue weighted by Gasteiger charge is 2.07. The van der Waals surface area contributed by atoms with Gasteiger partial charge in [0, 0.05) is 16.8 Å². The summed E-state index contributed by atoms with van der Waals surface area (Å²) in [5.41, 5.74) is 5.04. The summed E-state index contributed by atoms with van der Waals surface area (Å²) < 4.78 is 0. The lowest BCUT2D eigenvalue weighted by Crippen LogP contribution is -2.07. The Bertz CT molecular complexity index is 531. The molecule has 1 atom stereocenters. The Morgan fingerprint density at radius 1 is 1.00 bits per heavy atom. The van der Waals surface area contributed by atoms with E-state index in [4.69, 9.17) is 11.6 Å².